The Morgan fingerprint density at radius 3 is 2.28 bits per heavy atom. The standard InChI is InChI=1S/C26H35Cl2N3O4S/c1-5-6-15-29-26(33)20(3)30(18-22-23(27)12-8-13-24(22)28)25(32)14-9-16-31(36(4,34)35)21-11-7-10-19(2)17-21/h7-8,10-13,17,20H,5-6,9,14-16,18H2,1-4H3,(H,29,33). The van der Waals surface area contributed by atoms with Gasteiger partial charge in [-0.25, -0.2) is 8.42 Å². The monoisotopic (exact) mass is 555 g/mol. The molecule has 0 aliphatic rings. The van der Waals surface area contributed by atoms with Crippen LogP contribution in [0.5, 0.6) is 0 Å². The zero-order valence-corrected chi connectivity index (χ0v) is 23.6. The van der Waals surface area contributed by atoms with Gasteiger partial charge in [0.25, 0.3) is 0 Å². The van der Waals surface area contributed by atoms with Gasteiger partial charge in [-0.3, -0.25) is 13.9 Å². The molecule has 0 aliphatic heterocycles. The Hall–Kier alpha value is -2.29. The van der Waals surface area contributed by atoms with Crippen LogP contribution < -0.4 is 9.62 Å². The van der Waals surface area contributed by atoms with E-state index in [1.807, 2.05) is 19.9 Å². The third kappa shape index (κ3) is 8.68. The minimum absolute atomic E-state index is 0.0481. The molecule has 1 atom stereocenters. The summed E-state index contributed by atoms with van der Waals surface area (Å²) in [5.74, 6) is -0.556. The van der Waals surface area contributed by atoms with E-state index in [2.05, 4.69) is 5.32 Å². The number of carbonyl (C=O) groups is 2. The van der Waals surface area contributed by atoms with E-state index in [9.17, 15) is 18.0 Å². The van der Waals surface area contributed by atoms with Crippen LogP contribution in [-0.4, -0.2) is 50.5 Å². The first-order valence-corrected chi connectivity index (χ1v) is 14.6. The van der Waals surface area contributed by atoms with Gasteiger partial charge in [0.1, 0.15) is 6.04 Å². The number of hydrogen-bond donors (Lipinski definition) is 1. The predicted molar refractivity (Wildman–Crippen MR) is 147 cm³/mol. The van der Waals surface area contributed by atoms with Crippen LogP contribution in [-0.2, 0) is 26.2 Å². The molecule has 1 N–H and O–H groups in total. The van der Waals surface area contributed by atoms with Crippen molar-refractivity contribution in [1.82, 2.24) is 10.2 Å². The lowest BCUT2D eigenvalue weighted by Crippen LogP contribution is -2.48. The van der Waals surface area contributed by atoms with Crippen LogP contribution in [0.2, 0.25) is 10.0 Å². The number of nitrogens with zero attached hydrogens (tertiary/aromatic N) is 2. The SMILES string of the molecule is CCCCNC(=O)C(C)N(Cc1c(Cl)cccc1Cl)C(=O)CCCN(c1cccc(C)c1)S(C)(=O)=O. The van der Waals surface area contributed by atoms with Crippen LogP contribution in [0.1, 0.15) is 50.7 Å². The van der Waals surface area contributed by atoms with Crippen LogP contribution >= 0.6 is 23.2 Å². The second kappa shape index (κ2) is 13.9. The Morgan fingerprint density at radius 1 is 1.06 bits per heavy atom. The van der Waals surface area contributed by atoms with Gasteiger partial charge in [-0.05, 0) is 56.5 Å². The third-order valence-corrected chi connectivity index (χ3v) is 7.73. The van der Waals surface area contributed by atoms with E-state index in [1.165, 1.54) is 9.21 Å². The number of hydrogen-bond acceptors (Lipinski definition) is 4. The van der Waals surface area contributed by atoms with E-state index in [0.29, 0.717) is 27.8 Å². The summed E-state index contributed by atoms with van der Waals surface area (Å²) >= 11 is 12.7. The molecule has 2 aromatic carbocycles. The van der Waals surface area contributed by atoms with Crippen molar-refractivity contribution in [2.75, 3.05) is 23.7 Å². The summed E-state index contributed by atoms with van der Waals surface area (Å²) in [6.45, 7) is 6.30. The van der Waals surface area contributed by atoms with Crippen molar-refractivity contribution >= 4 is 50.7 Å². The summed E-state index contributed by atoms with van der Waals surface area (Å²) in [5.41, 5.74) is 2.04. The minimum Gasteiger partial charge on any atom is -0.354 e. The number of halogens is 2. The fourth-order valence-corrected chi connectivity index (χ4v) is 5.23. The highest BCUT2D eigenvalue weighted by molar-refractivity contribution is 7.92. The molecule has 0 radical (unpaired) electrons. The van der Waals surface area contributed by atoms with E-state index in [0.717, 1.165) is 24.7 Å². The number of rotatable bonds is 13. The number of aryl methyl sites for hydroxylation is 1. The van der Waals surface area contributed by atoms with Crippen LogP contribution in [0.25, 0.3) is 0 Å². The second-order valence-electron chi connectivity index (χ2n) is 8.82. The van der Waals surface area contributed by atoms with Gasteiger partial charge in [0.05, 0.1) is 11.9 Å². The lowest BCUT2D eigenvalue weighted by Gasteiger charge is -2.30. The van der Waals surface area contributed by atoms with Crippen molar-refractivity contribution < 1.29 is 18.0 Å². The number of sulfonamides is 1. The predicted octanol–water partition coefficient (Wildman–Crippen LogP) is 5.18. The van der Waals surface area contributed by atoms with Gasteiger partial charge >= 0.3 is 0 Å². The maximum atomic E-state index is 13.4. The quantitative estimate of drug-likeness (QED) is 0.345. The Bertz CT molecular complexity index is 1140. The summed E-state index contributed by atoms with van der Waals surface area (Å²) in [6.07, 6.45) is 3.24. The lowest BCUT2D eigenvalue weighted by molar-refractivity contribution is -0.140. The van der Waals surface area contributed by atoms with E-state index in [-0.39, 0.29) is 37.7 Å². The molecule has 2 rings (SSSR count). The van der Waals surface area contributed by atoms with E-state index >= 15 is 0 Å². The first-order valence-electron chi connectivity index (χ1n) is 12.0. The van der Waals surface area contributed by atoms with Crippen LogP contribution in [0, 0.1) is 6.92 Å². The smallest absolute Gasteiger partial charge is 0.242 e. The lowest BCUT2D eigenvalue weighted by atomic mass is 10.1. The molecule has 7 nitrogen and oxygen atoms in total. The largest absolute Gasteiger partial charge is 0.354 e. The number of carbonyl (C=O) groups excluding carboxylic acids is 2. The molecule has 0 spiro atoms. The van der Waals surface area contributed by atoms with E-state index in [4.69, 9.17) is 23.2 Å². The van der Waals surface area contributed by atoms with Crippen molar-refractivity contribution in [1.29, 1.82) is 0 Å². The van der Waals surface area contributed by atoms with Crippen LogP contribution in [0.4, 0.5) is 5.69 Å². The molecule has 0 heterocycles. The summed E-state index contributed by atoms with van der Waals surface area (Å²) < 4.78 is 26.2. The molecule has 0 aromatic heterocycles. The molecule has 198 valence electrons. The second-order valence-corrected chi connectivity index (χ2v) is 11.5. The van der Waals surface area contributed by atoms with Crippen molar-refractivity contribution in [2.24, 2.45) is 0 Å². The molecular weight excluding hydrogens is 521 g/mol. The van der Waals surface area contributed by atoms with Crippen molar-refractivity contribution in [3.63, 3.8) is 0 Å². The summed E-state index contributed by atoms with van der Waals surface area (Å²) in [6, 6.07) is 11.5. The number of benzene rings is 2. The average molecular weight is 557 g/mol. The topological polar surface area (TPSA) is 86.8 Å². The average Bonchev–Trinajstić information content (AvgIpc) is 2.80. The molecule has 0 saturated heterocycles. The molecule has 2 amide bonds. The number of unbranched alkanes of at least 4 members (excludes halogenated alkanes) is 1. The van der Waals surface area contributed by atoms with Gasteiger partial charge in [0.15, 0.2) is 0 Å². The summed E-state index contributed by atoms with van der Waals surface area (Å²) in [5, 5.41) is 3.68. The molecule has 1 unspecified atom stereocenters. The van der Waals surface area contributed by atoms with Gasteiger partial charge in [0.2, 0.25) is 21.8 Å². The zero-order valence-electron chi connectivity index (χ0n) is 21.3. The highest BCUT2D eigenvalue weighted by Gasteiger charge is 2.27. The molecule has 0 saturated carbocycles. The number of anilines is 1. The van der Waals surface area contributed by atoms with Crippen LogP contribution in [0.15, 0.2) is 42.5 Å². The highest BCUT2D eigenvalue weighted by atomic mass is 35.5. The fourth-order valence-electron chi connectivity index (χ4n) is 3.76. The van der Waals surface area contributed by atoms with Gasteiger partial charge < -0.3 is 10.2 Å². The van der Waals surface area contributed by atoms with Gasteiger partial charge in [-0.15, -0.1) is 0 Å². The normalized spacial score (nSPS) is 12.2. The van der Waals surface area contributed by atoms with Crippen molar-refractivity contribution in [2.45, 2.75) is 59.0 Å². The fraction of sp³-hybridized carbons (Fsp3) is 0.462. The zero-order chi connectivity index (χ0) is 26.9. The summed E-state index contributed by atoms with van der Waals surface area (Å²) in [4.78, 5) is 27.6. The van der Waals surface area contributed by atoms with Crippen molar-refractivity contribution in [3.05, 3.63) is 63.6 Å². The van der Waals surface area contributed by atoms with Gasteiger partial charge in [0, 0.05) is 41.7 Å². The van der Waals surface area contributed by atoms with Gasteiger partial charge in [-0.2, -0.15) is 0 Å². The van der Waals surface area contributed by atoms with Gasteiger partial charge in [-0.1, -0.05) is 54.7 Å². The number of amides is 2. The molecule has 0 aliphatic carbocycles. The Morgan fingerprint density at radius 2 is 1.69 bits per heavy atom. The Balaban J connectivity index is 2.20. The first kappa shape index (κ1) is 29.9. The minimum atomic E-state index is -3.55. The Labute approximate surface area is 224 Å². The van der Waals surface area contributed by atoms with Crippen molar-refractivity contribution in [3.8, 4) is 0 Å². The first-order chi connectivity index (χ1) is 17.0. The van der Waals surface area contributed by atoms with E-state index in [1.54, 1.807) is 43.3 Å². The third-order valence-electron chi connectivity index (χ3n) is 5.83. The summed E-state index contributed by atoms with van der Waals surface area (Å²) in [7, 11) is -3.55. The molecule has 0 bridgehead atoms. The molecular formula is C26H35Cl2N3O4S. The molecule has 2 aromatic rings. The molecule has 36 heavy (non-hydrogen) atoms. The Kier molecular flexibility index (Phi) is 11.5. The van der Waals surface area contributed by atoms with Crippen LogP contribution in [0.3, 0.4) is 0 Å². The molecule has 0 fully saturated rings. The number of nitrogens with one attached hydrogen (secondary N) is 1. The maximum absolute atomic E-state index is 13.4. The molecule has 10 heteroatoms. The highest BCUT2D eigenvalue weighted by Crippen LogP contribution is 2.27. The van der Waals surface area contributed by atoms with E-state index < -0.39 is 16.1 Å². The maximum Gasteiger partial charge on any atom is 0.242 e.